The van der Waals surface area contributed by atoms with Gasteiger partial charge >= 0.3 is 0 Å². The van der Waals surface area contributed by atoms with Crippen LogP contribution in [0.2, 0.25) is 0 Å². The van der Waals surface area contributed by atoms with Gasteiger partial charge in [0.2, 0.25) is 5.91 Å². The van der Waals surface area contributed by atoms with Crippen LogP contribution in [0.15, 0.2) is 35.7 Å². The average molecular weight is 479 g/mol. The Balaban J connectivity index is 1.56. The van der Waals surface area contributed by atoms with Crippen molar-refractivity contribution in [3.8, 4) is 0 Å². The molecule has 2 aromatic heterocycles. The van der Waals surface area contributed by atoms with E-state index in [1.165, 1.54) is 6.33 Å². The molecule has 0 bridgehead atoms. The first-order chi connectivity index (χ1) is 16.8. The van der Waals surface area contributed by atoms with E-state index < -0.39 is 0 Å². The lowest BCUT2D eigenvalue weighted by Crippen LogP contribution is -2.37. The highest BCUT2D eigenvalue weighted by molar-refractivity contribution is 5.99. The third-order valence-corrected chi connectivity index (χ3v) is 6.33. The molecule has 2 aliphatic rings. The number of pyridine rings is 1. The van der Waals surface area contributed by atoms with Crippen molar-refractivity contribution >= 4 is 34.9 Å². The summed E-state index contributed by atoms with van der Waals surface area (Å²) < 4.78 is 0. The molecule has 1 N–H and O–H groups in total. The third-order valence-electron chi connectivity index (χ3n) is 6.33. The molecule has 0 radical (unpaired) electrons. The number of aromatic nitrogens is 3. The van der Waals surface area contributed by atoms with E-state index >= 15 is 0 Å². The molecular formula is C26H38N8O. The number of rotatable bonds is 3. The summed E-state index contributed by atoms with van der Waals surface area (Å²) in [6, 6.07) is 6.02. The summed E-state index contributed by atoms with van der Waals surface area (Å²) in [5.41, 5.74) is 1.02. The molecule has 0 spiro atoms. The van der Waals surface area contributed by atoms with Gasteiger partial charge in [-0.25, -0.2) is 19.9 Å². The van der Waals surface area contributed by atoms with Gasteiger partial charge in [-0.15, -0.1) is 0 Å². The fourth-order valence-electron chi connectivity index (χ4n) is 4.53. The van der Waals surface area contributed by atoms with Crippen LogP contribution in [0.1, 0.15) is 53.4 Å². The highest BCUT2D eigenvalue weighted by atomic mass is 16.2. The van der Waals surface area contributed by atoms with Crippen molar-refractivity contribution in [1.29, 1.82) is 0 Å². The van der Waals surface area contributed by atoms with Crippen LogP contribution in [0.5, 0.6) is 0 Å². The molecule has 0 aliphatic carbocycles. The Hall–Kier alpha value is -3.23. The predicted molar refractivity (Wildman–Crippen MR) is 142 cm³/mol. The van der Waals surface area contributed by atoms with Crippen LogP contribution in [0.4, 0.5) is 23.1 Å². The predicted octanol–water partition coefficient (Wildman–Crippen LogP) is 4.11. The maximum Gasteiger partial charge on any atom is 0.223 e. The first-order valence-corrected chi connectivity index (χ1v) is 12.7. The largest absolute Gasteiger partial charge is 0.382 e. The van der Waals surface area contributed by atoms with Crippen molar-refractivity contribution in [2.24, 2.45) is 10.4 Å². The number of amides is 1. The number of carbonyl (C=O) groups excluding carboxylic acids is 1. The third kappa shape index (κ3) is 6.68. The van der Waals surface area contributed by atoms with Crippen LogP contribution in [-0.4, -0.2) is 70.9 Å². The maximum atomic E-state index is 12.8. The van der Waals surface area contributed by atoms with E-state index in [9.17, 15) is 4.79 Å². The molecule has 2 aromatic rings. The zero-order valence-electron chi connectivity index (χ0n) is 21.5. The van der Waals surface area contributed by atoms with Crippen LogP contribution >= 0.6 is 0 Å². The van der Waals surface area contributed by atoms with Crippen molar-refractivity contribution in [3.63, 3.8) is 0 Å². The molecular weight excluding hydrogens is 440 g/mol. The fourth-order valence-corrected chi connectivity index (χ4v) is 4.53. The molecule has 4 rings (SSSR count). The molecule has 2 aliphatic heterocycles. The van der Waals surface area contributed by atoms with E-state index in [0.717, 1.165) is 81.7 Å². The van der Waals surface area contributed by atoms with E-state index in [-0.39, 0.29) is 11.3 Å². The number of anilines is 3. The quantitative estimate of drug-likeness (QED) is 0.524. The summed E-state index contributed by atoms with van der Waals surface area (Å²) in [6.45, 7) is 13.3. The zero-order valence-corrected chi connectivity index (χ0v) is 21.5. The number of hydrogen-bond donors (Lipinski definition) is 1. The molecule has 0 saturated carbocycles. The summed E-state index contributed by atoms with van der Waals surface area (Å²) in [7, 11) is 0. The maximum absolute atomic E-state index is 12.8. The molecule has 0 aromatic carbocycles. The van der Waals surface area contributed by atoms with Gasteiger partial charge in [-0.05, 0) is 43.7 Å². The molecule has 9 heteroatoms. The summed E-state index contributed by atoms with van der Waals surface area (Å²) in [4.78, 5) is 37.4. The number of fused-ring (bicyclic) bond motifs is 1. The van der Waals surface area contributed by atoms with E-state index in [1.54, 1.807) is 12.3 Å². The molecule has 1 fully saturated rings. The SMILES string of the molecule is CC(=Nc1ccncn1)N1CCCCNc2ccc(N3CCCN(C(=O)CC(C)(C)C)CC3)nc21. The average Bonchev–Trinajstić information content (AvgIpc) is 3.06. The smallest absolute Gasteiger partial charge is 0.223 e. The van der Waals surface area contributed by atoms with Crippen LogP contribution in [0.25, 0.3) is 0 Å². The number of aliphatic imine (C=N–C) groups is 1. The lowest BCUT2D eigenvalue weighted by molar-refractivity contribution is -0.132. The Kier molecular flexibility index (Phi) is 7.83. The molecule has 4 heterocycles. The highest BCUT2D eigenvalue weighted by Gasteiger charge is 2.25. The van der Waals surface area contributed by atoms with Gasteiger partial charge in [0, 0.05) is 58.0 Å². The van der Waals surface area contributed by atoms with Crippen LogP contribution < -0.4 is 15.1 Å². The second kappa shape index (κ2) is 11.0. The molecule has 1 amide bonds. The van der Waals surface area contributed by atoms with E-state index in [0.29, 0.717) is 12.2 Å². The lowest BCUT2D eigenvalue weighted by Gasteiger charge is -2.30. The summed E-state index contributed by atoms with van der Waals surface area (Å²) in [5, 5.41) is 3.54. The Bertz CT molecular complexity index is 1030. The van der Waals surface area contributed by atoms with E-state index in [4.69, 9.17) is 9.98 Å². The number of hydrogen-bond acceptors (Lipinski definition) is 7. The number of nitrogens with one attached hydrogen (secondary N) is 1. The van der Waals surface area contributed by atoms with Crippen molar-refractivity contribution in [1.82, 2.24) is 19.9 Å². The van der Waals surface area contributed by atoms with Gasteiger partial charge in [-0.2, -0.15) is 0 Å². The van der Waals surface area contributed by atoms with Crippen LogP contribution in [0.3, 0.4) is 0 Å². The first kappa shape index (κ1) is 24.9. The normalized spacial score (nSPS) is 17.7. The molecule has 9 nitrogen and oxygen atoms in total. The van der Waals surface area contributed by atoms with E-state index in [2.05, 4.69) is 58.0 Å². The Morgan fingerprint density at radius 2 is 1.91 bits per heavy atom. The van der Waals surface area contributed by atoms with E-state index in [1.807, 2.05) is 11.8 Å². The summed E-state index contributed by atoms with van der Waals surface area (Å²) in [6.07, 6.45) is 6.86. The second-order valence-electron chi connectivity index (χ2n) is 10.5. The molecule has 188 valence electrons. The number of carbonyl (C=O) groups is 1. The second-order valence-corrected chi connectivity index (χ2v) is 10.5. The Labute approximate surface area is 208 Å². The van der Waals surface area contributed by atoms with Gasteiger partial charge in [0.25, 0.3) is 0 Å². The van der Waals surface area contributed by atoms with Gasteiger partial charge in [-0.1, -0.05) is 20.8 Å². The molecule has 35 heavy (non-hydrogen) atoms. The van der Waals surface area contributed by atoms with Crippen molar-refractivity contribution in [3.05, 3.63) is 30.7 Å². The lowest BCUT2D eigenvalue weighted by atomic mass is 9.91. The zero-order chi connectivity index (χ0) is 24.8. The van der Waals surface area contributed by atoms with Gasteiger partial charge in [0.05, 0.1) is 5.69 Å². The Morgan fingerprint density at radius 1 is 1.06 bits per heavy atom. The minimum atomic E-state index is 0.00198. The fraction of sp³-hybridized carbons (Fsp3) is 0.577. The molecule has 1 saturated heterocycles. The molecule has 0 unspecified atom stereocenters. The van der Waals surface area contributed by atoms with Gasteiger partial charge in [0.1, 0.15) is 18.0 Å². The minimum absolute atomic E-state index is 0.00198. The molecule has 0 atom stereocenters. The van der Waals surface area contributed by atoms with Gasteiger partial charge < -0.3 is 20.0 Å². The summed E-state index contributed by atoms with van der Waals surface area (Å²) in [5.74, 6) is 3.57. The van der Waals surface area contributed by atoms with Gasteiger partial charge in [-0.3, -0.25) is 4.79 Å². The van der Waals surface area contributed by atoms with Crippen LogP contribution in [-0.2, 0) is 4.79 Å². The standard InChI is InChI=1S/C26H38N8O/c1-20(30-22-10-12-27-19-29-22)34-15-6-5-11-28-21-8-9-23(31-25(21)34)32-13-7-14-33(17-16-32)24(35)18-26(2,3)4/h8-10,12,19,28H,5-7,11,13-18H2,1-4H3. The topological polar surface area (TPSA) is 89.9 Å². The highest BCUT2D eigenvalue weighted by Crippen LogP contribution is 2.30. The monoisotopic (exact) mass is 478 g/mol. The van der Waals surface area contributed by atoms with Crippen molar-refractivity contribution in [2.75, 3.05) is 54.4 Å². The van der Waals surface area contributed by atoms with Crippen molar-refractivity contribution in [2.45, 2.75) is 53.4 Å². The Morgan fingerprint density at radius 3 is 2.69 bits per heavy atom. The van der Waals surface area contributed by atoms with Gasteiger partial charge in [0.15, 0.2) is 11.6 Å². The minimum Gasteiger partial charge on any atom is -0.382 e. The van der Waals surface area contributed by atoms with Crippen LogP contribution in [0, 0.1) is 5.41 Å². The number of amidine groups is 1. The summed E-state index contributed by atoms with van der Waals surface area (Å²) >= 11 is 0. The number of nitrogens with zero attached hydrogens (tertiary/aromatic N) is 7. The first-order valence-electron chi connectivity index (χ1n) is 12.7. The van der Waals surface area contributed by atoms with Crippen molar-refractivity contribution < 1.29 is 4.79 Å².